The average molecular weight is 400 g/mol. The quantitative estimate of drug-likeness (QED) is 0.658. The van der Waals surface area contributed by atoms with E-state index in [0.29, 0.717) is 16.5 Å². The fraction of sp³-hybridized carbons (Fsp3) is 0.294. The Kier molecular flexibility index (Phi) is 5.06. The maximum Gasteiger partial charge on any atom is 0.278 e. The van der Waals surface area contributed by atoms with Crippen molar-refractivity contribution in [3.8, 4) is 5.69 Å². The third-order valence-corrected chi connectivity index (χ3v) is 4.95. The molecule has 1 aliphatic rings. The zero-order chi connectivity index (χ0) is 19.5. The van der Waals surface area contributed by atoms with Crippen molar-refractivity contribution in [3.63, 3.8) is 0 Å². The zero-order valence-corrected chi connectivity index (χ0v) is 15.9. The number of hydrogen-bond donors (Lipinski definition) is 1. The summed E-state index contributed by atoms with van der Waals surface area (Å²) in [5, 5.41) is 22.3. The van der Waals surface area contributed by atoms with Crippen LogP contribution in [0.4, 0.5) is 9.52 Å². The molecule has 0 aliphatic carbocycles. The molecule has 9 nitrogen and oxygen atoms in total. The molecule has 0 radical (unpaired) electrons. The van der Waals surface area contributed by atoms with Gasteiger partial charge in [-0.25, -0.2) is 9.37 Å². The Morgan fingerprint density at radius 3 is 2.79 bits per heavy atom. The van der Waals surface area contributed by atoms with E-state index in [1.807, 2.05) is 5.01 Å². The molecule has 144 valence electrons. The largest absolute Gasteiger partial charge is 0.296 e. The number of halogens is 1. The Hall–Kier alpha value is -3.21. The predicted molar refractivity (Wildman–Crippen MR) is 102 cm³/mol. The van der Waals surface area contributed by atoms with Gasteiger partial charge in [0.1, 0.15) is 11.5 Å². The lowest BCUT2D eigenvalue weighted by Crippen LogP contribution is -2.27. The number of nitrogens with one attached hydrogen (secondary N) is 1. The maximum atomic E-state index is 14.8. The molecule has 0 spiro atoms. The van der Waals surface area contributed by atoms with Crippen molar-refractivity contribution in [2.45, 2.75) is 19.8 Å². The first-order valence-corrected chi connectivity index (χ1v) is 9.59. The molecule has 0 unspecified atom stereocenters. The van der Waals surface area contributed by atoms with E-state index in [4.69, 9.17) is 0 Å². The van der Waals surface area contributed by atoms with Crippen LogP contribution in [-0.2, 0) is 4.79 Å². The number of hydrogen-bond acceptors (Lipinski definition) is 8. The van der Waals surface area contributed by atoms with Gasteiger partial charge in [-0.1, -0.05) is 6.07 Å². The second-order valence-corrected chi connectivity index (χ2v) is 7.10. The summed E-state index contributed by atoms with van der Waals surface area (Å²) in [7, 11) is 0. The molecule has 1 N–H and O–H groups in total. The van der Waals surface area contributed by atoms with Crippen molar-refractivity contribution >= 4 is 28.1 Å². The van der Waals surface area contributed by atoms with Crippen LogP contribution in [0.25, 0.3) is 5.69 Å². The smallest absolute Gasteiger partial charge is 0.278 e. The maximum absolute atomic E-state index is 14.8. The second kappa shape index (κ2) is 7.80. The lowest BCUT2D eigenvalue weighted by atomic mass is 10.1. The Morgan fingerprint density at radius 1 is 1.32 bits per heavy atom. The molecule has 4 rings (SSSR count). The number of hydrazone groups is 1. The van der Waals surface area contributed by atoms with Crippen LogP contribution in [0, 0.1) is 12.7 Å². The number of carbonyl (C=O) groups excluding carboxylic acids is 1. The van der Waals surface area contributed by atoms with Crippen LogP contribution in [0.15, 0.2) is 34.9 Å². The van der Waals surface area contributed by atoms with Crippen molar-refractivity contribution in [3.05, 3.63) is 47.0 Å². The molecule has 0 saturated carbocycles. The Bertz CT molecular complexity index is 1010. The Morgan fingerprint density at radius 2 is 2.14 bits per heavy atom. The third kappa shape index (κ3) is 3.74. The van der Waals surface area contributed by atoms with Crippen molar-refractivity contribution in [1.29, 1.82) is 0 Å². The predicted octanol–water partition coefficient (Wildman–Crippen LogP) is 2.00. The molecule has 0 atom stereocenters. The van der Waals surface area contributed by atoms with Gasteiger partial charge in [-0.15, -0.1) is 16.4 Å². The van der Waals surface area contributed by atoms with Gasteiger partial charge in [0.05, 0.1) is 0 Å². The minimum Gasteiger partial charge on any atom is -0.296 e. The number of rotatable bonds is 5. The van der Waals surface area contributed by atoms with Gasteiger partial charge in [0, 0.05) is 30.2 Å². The van der Waals surface area contributed by atoms with Crippen molar-refractivity contribution in [2.24, 2.45) is 5.10 Å². The lowest BCUT2D eigenvalue weighted by molar-refractivity contribution is -0.110. The first-order valence-electron chi connectivity index (χ1n) is 8.71. The molecule has 3 heterocycles. The first-order chi connectivity index (χ1) is 13.6. The van der Waals surface area contributed by atoms with E-state index in [1.165, 1.54) is 28.2 Å². The molecule has 1 amide bonds. The number of carbonyl (C=O) groups is 1. The average Bonchev–Trinajstić information content (AvgIpc) is 3.43. The van der Waals surface area contributed by atoms with E-state index in [1.54, 1.807) is 24.6 Å². The molecule has 3 aromatic rings. The van der Waals surface area contributed by atoms with Gasteiger partial charge >= 0.3 is 0 Å². The molecular weight excluding hydrogens is 383 g/mol. The summed E-state index contributed by atoms with van der Waals surface area (Å²) < 4.78 is 16.1. The fourth-order valence-electron chi connectivity index (χ4n) is 2.90. The lowest BCUT2D eigenvalue weighted by Gasteiger charge is -2.14. The van der Waals surface area contributed by atoms with Crippen molar-refractivity contribution in [2.75, 3.05) is 18.4 Å². The third-order valence-electron chi connectivity index (χ3n) is 4.27. The van der Waals surface area contributed by atoms with Gasteiger partial charge in [0.15, 0.2) is 16.7 Å². The highest BCUT2D eigenvalue weighted by molar-refractivity contribution is 7.13. The molecule has 1 aromatic carbocycles. The Labute approximate surface area is 163 Å². The van der Waals surface area contributed by atoms with Crippen molar-refractivity contribution in [1.82, 2.24) is 30.2 Å². The molecule has 1 saturated heterocycles. The van der Waals surface area contributed by atoms with E-state index in [-0.39, 0.29) is 11.4 Å². The van der Waals surface area contributed by atoms with E-state index in [0.717, 1.165) is 25.9 Å². The molecular formula is C17H17FN8OS. The molecule has 0 bridgehead atoms. The number of amides is 1. The normalized spacial score (nSPS) is 14.5. The Balaban J connectivity index is 1.68. The summed E-state index contributed by atoms with van der Waals surface area (Å²) in [5.41, 5.74) is 0.705. The van der Waals surface area contributed by atoms with E-state index >= 15 is 0 Å². The highest BCUT2D eigenvalue weighted by Gasteiger charge is 2.21. The number of tetrazole rings is 1. The summed E-state index contributed by atoms with van der Waals surface area (Å²) >= 11 is 1.30. The standard InChI is InChI=1S/C17H17FN8OS/c1-11-21-23-24-26(11)14-5-4-12(10-13(14)18)15(22-25-7-2-3-8-25)16(27)20-17-19-6-9-28-17/h4-6,9-10H,2-3,7-8H2,1H3,(H,19,20,27)/b22-15+. The minimum atomic E-state index is -0.552. The summed E-state index contributed by atoms with van der Waals surface area (Å²) in [6.07, 6.45) is 3.62. The number of benzene rings is 1. The summed E-state index contributed by atoms with van der Waals surface area (Å²) in [6, 6.07) is 4.44. The highest BCUT2D eigenvalue weighted by Crippen LogP contribution is 2.18. The van der Waals surface area contributed by atoms with Crippen LogP contribution in [0.2, 0.25) is 0 Å². The van der Waals surface area contributed by atoms with E-state index in [2.05, 4.69) is 30.9 Å². The highest BCUT2D eigenvalue weighted by atomic mass is 32.1. The molecule has 2 aromatic heterocycles. The zero-order valence-electron chi connectivity index (χ0n) is 15.0. The van der Waals surface area contributed by atoms with Gasteiger partial charge in [0.2, 0.25) is 0 Å². The molecule has 1 aliphatic heterocycles. The molecule has 28 heavy (non-hydrogen) atoms. The number of aromatic nitrogens is 5. The molecule has 11 heteroatoms. The van der Waals surface area contributed by atoms with Gasteiger partial charge in [-0.2, -0.15) is 9.78 Å². The van der Waals surface area contributed by atoms with Crippen LogP contribution >= 0.6 is 11.3 Å². The summed E-state index contributed by atoms with van der Waals surface area (Å²) in [6.45, 7) is 3.20. The van der Waals surface area contributed by atoms with Crippen molar-refractivity contribution < 1.29 is 9.18 Å². The van der Waals surface area contributed by atoms with Gasteiger partial charge < -0.3 is 0 Å². The molecule has 1 fully saturated rings. The second-order valence-electron chi connectivity index (χ2n) is 6.20. The summed E-state index contributed by atoms with van der Waals surface area (Å²) in [5.74, 6) is -0.532. The topological polar surface area (TPSA) is 101 Å². The van der Waals surface area contributed by atoms with Gasteiger partial charge in [0.25, 0.3) is 5.91 Å². The van der Waals surface area contributed by atoms with E-state index < -0.39 is 11.7 Å². The van der Waals surface area contributed by atoms with Crippen LogP contribution in [0.5, 0.6) is 0 Å². The van der Waals surface area contributed by atoms with Crippen LogP contribution in [0.3, 0.4) is 0 Å². The van der Waals surface area contributed by atoms with Crippen LogP contribution in [-0.4, -0.2) is 54.9 Å². The summed E-state index contributed by atoms with van der Waals surface area (Å²) in [4.78, 5) is 16.9. The van der Waals surface area contributed by atoms with Crippen LogP contribution < -0.4 is 5.32 Å². The number of thiazole rings is 1. The van der Waals surface area contributed by atoms with E-state index in [9.17, 15) is 9.18 Å². The fourth-order valence-corrected chi connectivity index (χ4v) is 3.42. The van der Waals surface area contributed by atoms with Gasteiger partial charge in [-0.3, -0.25) is 15.1 Å². The van der Waals surface area contributed by atoms with Gasteiger partial charge in [-0.05, 0) is 42.3 Å². The van der Waals surface area contributed by atoms with Crippen LogP contribution in [0.1, 0.15) is 24.2 Å². The number of anilines is 1. The first kappa shape index (κ1) is 18.2. The SMILES string of the molecule is Cc1nnnn1-c1ccc(/C(=N\N2CCCC2)C(=O)Nc2nccs2)cc1F. The minimum absolute atomic E-state index is 0.135. The number of nitrogens with zero attached hydrogens (tertiary/aromatic N) is 7. The number of aryl methyl sites for hydroxylation is 1. The monoisotopic (exact) mass is 400 g/mol.